The van der Waals surface area contributed by atoms with Crippen LogP contribution in [-0.2, 0) is 0 Å². The summed E-state index contributed by atoms with van der Waals surface area (Å²) >= 11 is 0. The monoisotopic (exact) mass is 253 g/mol. The van der Waals surface area contributed by atoms with Gasteiger partial charge in [0.1, 0.15) is 0 Å². The second-order valence-electron chi connectivity index (χ2n) is 4.17. The van der Waals surface area contributed by atoms with E-state index in [1.54, 1.807) is 19.2 Å². The molecule has 0 unspecified atom stereocenters. The van der Waals surface area contributed by atoms with Gasteiger partial charge in [0.25, 0.3) is 5.91 Å². The van der Waals surface area contributed by atoms with Gasteiger partial charge in [-0.2, -0.15) is 0 Å². The molecule has 19 heavy (non-hydrogen) atoms. The number of carbonyl (C=O) groups excluding carboxylic acids is 1. The van der Waals surface area contributed by atoms with Crippen LogP contribution in [0.5, 0.6) is 0 Å². The fourth-order valence-corrected chi connectivity index (χ4v) is 1.89. The van der Waals surface area contributed by atoms with Crippen LogP contribution in [0, 0.1) is 6.92 Å². The summed E-state index contributed by atoms with van der Waals surface area (Å²) in [7, 11) is 0. The zero-order chi connectivity index (χ0) is 13.2. The number of para-hydroxylation sites is 1. The lowest BCUT2D eigenvalue weighted by Crippen LogP contribution is -2.12. The number of fused-ring (bicyclic) bond motifs is 1. The van der Waals surface area contributed by atoms with Gasteiger partial charge in [-0.3, -0.25) is 9.78 Å². The third-order valence-electron chi connectivity index (χ3n) is 2.84. The third kappa shape index (κ3) is 2.06. The number of nitrogens with one attached hydrogen (secondary N) is 1. The lowest BCUT2D eigenvalue weighted by Gasteiger charge is -2.06. The summed E-state index contributed by atoms with van der Waals surface area (Å²) < 4.78 is 4.93. The van der Waals surface area contributed by atoms with Crippen molar-refractivity contribution in [3.63, 3.8) is 0 Å². The highest BCUT2D eigenvalue weighted by Crippen LogP contribution is 2.21. The van der Waals surface area contributed by atoms with Gasteiger partial charge in [0.15, 0.2) is 0 Å². The molecule has 94 valence electrons. The van der Waals surface area contributed by atoms with Crippen LogP contribution >= 0.6 is 0 Å². The van der Waals surface area contributed by atoms with Gasteiger partial charge in [0, 0.05) is 17.1 Å². The summed E-state index contributed by atoms with van der Waals surface area (Å²) in [4.78, 5) is 16.3. The van der Waals surface area contributed by atoms with Crippen molar-refractivity contribution < 1.29 is 9.32 Å². The topological polar surface area (TPSA) is 68.0 Å². The smallest absolute Gasteiger partial charge is 0.294 e. The van der Waals surface area contributed by atoms with Gasteiger partial charge < -0.3 is 9.84 Å². The lowest BCUT2D eigenvalue weighted by atomic mass is 10.2. The van der Waals surface area contributed by atoms with Gasteiger partial charge in [-0.05, 0) is 19.1 Å². The normalized spacial score (nSPS) is 10.6. The third-order valence-corrected chi connectivity index (χ3v) is 2.84. The summed E-state index contributed by atoms with van der Waals surface area (Å²) in [6.07, 6.45) is 3.20. The predicted molar refractivity (Wildman–Crippen MR) is 70.9 cm³/mol. The Bertz CT molecular complexity index is 744. The highest BCUT2D eigenvalue weighted by molar-refractivity contribution is 6.07. The molecular weight excluding hydrogens is 242 g/mol. The van der Waals surface area contributed by atoms with Gasteiger partial charge in [0.05, 0.1) is 17.4 Å². The molecule has 0 saturated heterocycles. The number of benzene rings is 1. The van der Waals surface area contributed by atoms with Crippen LogP contribution in [0.25, 0.3) is 10.9 Å². The number of hydrogen-bond donors (Lipinski definition) is 1. The van der Waals surface area contributed by atoms with E-state index in [9.17, 15) is 4.79 Å². The summed E-state index contributed by atoms with van der Waals surface area (Å²) in [5.41, 5.74) is 2.10. The minimum absolute atomic E-state index is 0.216. The van der Waals surface area contributed by atoms with E-state index < -0.39 is 0 Å². The van der Waals surface area contributed by atoms with E-state index >= 15 is 0 Å². The van der Waals surface area contributed by atoms with Crippen molar-refractivity contribution in [3.05, 3.63) is 54.0 Å². The van der Waals surface area contributed by atoms with Crippen molar-refractivity contribution in [1.29, 1.82) is 0 Å². The fraction of sp³-hybridized carbons (Fsp3) is 0.0714. The van der Waals surface area contributed by atoms with E-state index in [1.165, 1.54) is 6.20 Å². The molecule has 5 heteroatoms. The quantitative estimate of drug-likeness (QED) is 0.762. The maximum absolute atomic E-state index is 12.1. The molecule has 3 aromatic rings. The van der Waals surface area contributed by atoms with E-state index in [-0.39, 0.29) is 11.7 Å². The van der Waals surface area contributed by atoms with Crippen molar-refractivity contribution in [2.45, 2.75) is 6.92 Å². The second kappa shape index (κ2) is 4.53. The fourth-order valence-electron chi connectivity index (χ4n) is 1.89. The molecule has 0 aliphatic carbocycles. The standard InChI is InChI=1S/C14H11N3O2/c1-9-8-16-19-13(9)14(18)17-11-6-2-4-10-5-3-7-15-12(10)11/h2-8H,1H3,(H,17,18). The molecule has 0 fully saturated rings. The number of aromatic nitrogens is 2. The average Bonchev–Trinajstić information content (AvgIpc) is 2.85. The molecule has 1 N–H and O–H groups in total. The molecule has 2 heterocycles. The largest absolute Gasteiger partial charge is 0.351 e. The predicted octanol–water partition coefficient (Wildman–Crippen LogP) is 2.78. The molecule has 1 amide bonds. The van der Waals surface area contributed by atoms with Crippen LogP contribution in [-0.4, -0.2) is 16.0 Å². The highest BCUT2D eigenvalue weighted by Gasteiger charge is 2.15. The summed E-state index contributed by atoms with van der Waals surface area (Å²) in [6, 6.07) is 9.41. The van der Waals surface area contributed by atoms with Crippen molar-refractivity contribution in [1.82, 2.24) is 10.1 Å². The molecule has 0 aliphatic heterocycles. The first-order valence-corrected chi connectivity index (χ1v) is 5.82. The van der Waals surface area contributed by atoms with Gasteiger partial charge in [0.2, 0.25) is 5.76 Å². The van der Waals surface area contributed by atoms with E-state index in [1.807, 2.05) is 24.3 Å². The molecule has 0 saturated carbocycles. The number of hydrogen-bond acceptors (Lipinski definition) is 4. The molecule has 5 nitrogen and oxygen atoms in total. The first-order valence-electron chi connectivity index (χ1n) is 5.82. The van der Waals surface area contributed by atoms with E-state index in [4.69, 9.17) is 4.52 Å². The summed E-state index contributed by atoms with van der Waals surface area (Å²) in [5, 5.41) is 7.36. The van der Waals surface area contributed by atoms with Gasteiger partial charge in [-0.25, -0.2) is 0 Å². The van der Waals surface area contributed by atoms with E-state index in [2.05, 4.69) is 15.5 Å². The average molecular weight is 253 g/mol. The Balaban J connectivity index is 1.98. The van der Waals surface area contributed by atoms with Crippen LogP contribution in [0.3, 0.4) is 0 Å². The molecule has 0 atom stereocenters. The molecular formula is C14H11N3O2. The number of amides is 1. The number of nitrogens with zero attached hydrogens (tertiary/aromatic N) is 2. The van der Waals surface area contributed by atoms with Crippen LogP contribution < -0.4 is 5.32 Å². The highest BCUT2D eigenvalue weighted by atomic mass is 16.5. The molecule has 0 aliphatic rings. The van der Waals surface area contributed by atoms with Crippen molar-refractivity contribution >= 4 is 22.5 Å². The Labute approximate surface area is 109 Å². The van der Waals surface area contributed by atoms with E-state index in [0.717, 1.165) is 10.9 Å². The van der Waals surface area contributed by atoms with Crippen LogP contribution in [0.2, 0.25) is 0 Å². The summed E-state index contributed by atoms with van der Waals surface area (Å²) in [6.45, 7) is 1.77. The minimum atomic E-state index is -0.326. The van der Waals surface area contributed by atoms with Crippen molar-refractivity contribution in [2.24, 2.45) is 0 Å². The van der Waals surface area contributed by atoms with Gasteiger partial charge in [-0.1, -0.05) is 23.4 Å². The number of pyridine rings is 1. The molecule has 0 spiro atoms. The maximum atomic E-state index is 12.1. The molecule has 1 aromatic carbocycles. The molecule has 2 aromatic heterocycles. The van der Waals surface area contributed by atoms with E-state index in [0.29, 0.717) is 11.3 Å². The lowest BCUT2D eigenvalue weighted by molar-refractivity contribution is 0.0987. The molecule has 0 bridgehead atoms. The van der Waals surface area contributed by atoms with Crippen LogP contribution in [0.1, 0.15) is 16.1 Å². The maximum Gasteiger partial charge on any atom is 0.294 e. The Morgan fingerprint density at radius 1 is 1.26 bits per heavy atom. The Morgan fingerprint density at radius 2 is 2.11 bits per heavy atom. The zero-order valence-corrected chi connectivity index (χ0v) is 10.3. The van der Waals surface area contributed by atoms with Crippen LogP contribution in [0.15, 0.2) is 47.2 Å². The number of carbonyl (C=O) groups is 1. The number of anilines is 1. The Hall–Kier alpha value is -2.69. The van der Waals surface area contributed by atoms with Gasteiger partial charge in [-0.15, -0.1) is 0 Å². The number of rotatable bonds is 2. The first kappa shape index (κ1) is 11.4. The Kier molecular flexibility index (Phi) is 2.72. The van der Waals surface area contributed by atoms with Crippen molar-refractivity contribution in [2.75, 3.05) is 5.32 Å². The number of aryl methyl sites for hydroxylation is 1. The summed E-state index contributed by atoms with van der Waals surface area (Å²) in [5.74, 6) is -0.110. The minimum Gasteiger partial charge on any atom is -0.351 e. The first-order chi connectivity index (χ1) is 9.25. The molecule has 0 radical (unpaired) electrons. The molecule has 3 rings (SSSR count). The van der Waals surface area contributed by atoms with Gasteiger partial charge >= 0.3 is 0 Å². The Morgan fingerprint density at radius 3 is 2.89 bits per heavy atom. The van der Waals surface area contributed by atoms with Crippen molar-refractivity contribution in [3.8, 4) is 0 Å². The second-order valence-corrected chi connectivity index (χ2v) is 4.17. The SMILES string of the molecule is Cc1cnoc1C(=O)Nc1cccc2cccnc12. The van der Waals surface area contributed by atoms with Crippen LogP contribution in [0.4, 0.5) is 5.69 Å². The zero-order valence-electron chi connectivity index (χ0n) is 10.3.